The van der Waals surface area contributed by atoms with E-state index in [1.54, 1.807) is 0 Å². The SMILES string of the molecule is CNCc1cnc(C)cc1OCc1ccc(Br)cc1. The summed E-state index contributed by atoms with van der Waals surface area (Å²) in [6, 6.07) is 10.1. The first-order valence-corrected chi connectivity index (χ1v) is 6.95. The highest BCUT2D eigenvalue weighted by atomic mass is 79.9. The number of hydrogen-bond acceptors (Lipinski definition) is 3. The lowest BCUT2D eigenvalue weighted by Crippen LogP contribution is -2.08. The Morgan fingerprint density at radius 1 is 1.26 bits per heavy atom. The molecule has 2 rings (SSSR count). The fraction of sp³-hybridized carbons (Fsp3) is 0.267. The molecule has 1 aromatic heterocycles. The van der Waals surface area contributed by atoms with Crippen molar-refractivity contribution < 1.29 is 4.74 Å². The highest BCUT2D eigenvalue weighted by Crippen LogP contribution is 2.20. The third-order valence-electron chi connectivity index (χ3n) is 2.76. The third kappa shape index (κ3) is 4.04. The quantitative estimate of drug-likeness (QED) is 0.916. The number of aromatic nitrogens is 1. The van der Waals surface area contributed by atoms with E-state index in [1.807, 2.05) is 38.4 Å². The molecule has 0 radical (unpaired) electrons. The van der Waals surface area contributed by atoms with Gasteiger partial charge in [-0.25, -0.2) is 0 Å². The van der Waals surface area contributed by atoms with Crippen LogP contribution < -0.4 is 10.1 Å². The van der Waals surface area contributed by atoms with Crippen LogP contribution in [0.4, 0.5) is 0 Å². The molecule has 0 bridgehead atoms. The molecule has 3 nitrogen and oxygen atoms in total. The standard InChI is InChI=1S/C15H17BrN2O/c1-11-7-15(13(8-17-2)9-18-11)19-10-12-3-5-14(16)6-4-12/h3-7,9,17H,8,10H2,1-2H3. The number of ether oxygens (including phenoxy) is 1. The van der Waals surface area contributed by atoms with E-state index in [1.165, 1.54) is 0 Å². The van der Waals surface area contributed by atoms with Gasteiger partial charge in [-0.2, -0.15) is 0 Å². The van der Waals surface area contributed by atoms with Crippen LogP contribution in [0.5, 0.6) is 5.75 Å². The number of rotatable bonds is 5. The minimum Gasteiger partial charge on any atom is -0.488 e. The maximum absolute atomic E-state index is 5.90. The van der Waals surface area contributed by atoms with Crippen molar-refractivity contribution in [2.45, 2.75) is 20.1 Å². The van der Waals surface area contributed by atoms with Crippen LogP contribution in [-0.2, 0) is 13.2 Å². The third-order valence-corrected chi connectivity index (χ3v) is 3.28. The Labute approximate surface area is 122 Å². The molecule has 1 N–H and O–H groups in total. The number of aryl methyl sites for hydroxylation is 1. The van der Waals surface area contributed by atoms with Gasteiger partial charge in [-0.15, -0.1) is 0 Å². The van der Waals surface area contributed by atoms with Crippen LogP contribution >= 0.6 is 15.9 Å². The van der Waals surface area contributed by atoms with Gasteiger partial charge in [0.2, 0.25) is 0 Å². The van der Waals surface area contributed by atoms with Gasteiger partial charge in [0, 0.05) is 34.5 Å². The predicted octanol–water partition coefficient (Wildman–Crippen LogP) is 3.45. The second-order valence-electron chi connectivity index (χ2n) is 4.38. The first kappa shape index (κ1) is 14.0. The first-order valence-electron chi connectivity index (χ1n) is 6.16. The van der Waals surface area contributed by atoms with Crippen LogP contribution in [0.1, 0.15) is 16.8 Å². The van der Waals surface area contributed by atoms with Crippen LogP contribution in [0, 0.1) is 6.92 Å². The zero-order valence-corrected chi connectivity index (χ0v) is 12.7. The minimum atomic E-state index is 0.563. The lowest BCUT2D eigenvalue weighted by Gasteiger charge is -2.12. The molecule has 100 valence electrons. The molecular formula is C15H17BrN2O. The summed E-state index contributed by atoms with van der Waals surface area (Å²) in [6.07, 6.45) is 1.86. The van der Waals surface area contributed by atoms with Crippen molar-refractivity contribution in [1.82, 2.24) is 10.3 Å². The molecule has 0 aliphatic heterocycles. The number of benzene rings is 1. The van der Waals surface area contributed by atoms with Gasteiger partial charge in [-0.3, -0.25) is 4.98 Å². The van der Waals surface area contributed by atoms with Gasteiger partial charge < -0.3 is 10.1 Å². The van der Waals surface area contributed by atoms with Crippen molar-refractivity contribution in [3.05, 3.63) is 57.8 Å². The number of halogens is 1. The zero-order chi connectivity index (χ0) is 13.7. The number of nitrogens with one attached hydrogen (secondary N) is 1. The first-order chi connectivity index (χ1) is 9.19. The molecule has 1 aromatic carbocycles. The van der Waals surface area contributed by atoms with Gasteiger partial charge in [0.1, 0.15) is 12.4 Å². The Morgan fingerprint density at radius 3 is 2.68 bits per heavy atom. The molecule has 19 heavy (non-hydrogen) atoms. The monoisotopic (exact) mass is 320 g/mol. The molecule has 0 saturated heterocycles. The Balaban J connectivity index is 2.09. The highest BCUT2D eigenvalue weighted by Gasteiger charge is 2.05. The Morgan fingerprint density at radius 2 is 2.00 bits per heavy atom. The lowest BCUT2D eigenvalue weighted by atomic mass is 10.2. The molecule has 1 heterocycles. The normalized spacial score (nSPS) is 10.5. The maximum atomic E-state index is 5.90. The summed E-state index contributed by atoms with van der Waals surface area (Å²) < 4.78 is 6.98. The highest BCUT2D eigenvalue weighted by molar-refractivity contribution is 9.10. The summed E-state index contributed by atoms with van der Waals surface area (Å²) in [4.78, 5) is 4.30. The lowest BCUT2D eigenvalue weighted by molar-refractivity contribution is 0.301. The summed E-state index contributed by atoms with van der Waals surface area (Å²) >= 11 is 3.43. The van der Waals surface area contributed by atoms with Crippen molar-refractivity contribution in [1.29, 1.82) is 0 Å². The molecular weight excluding hydrogens is 304 g/mol. The predicted molar refractivity (Wildman–Crippen MR) is 80.2 cm³/mol. The van der Waals surface area contributed by atoms with E-state index < -0.39 is 0 Å². The summed E-state index contributed by atoms with van der Waals surface area (Å²) in [7, 11) is 1.92. The Kier molecular flexibility index (Phi) is 4.93. The van der Waals surface area contributed by atoms with Crippen molar-refractivity contribution in [2.24, 2.45) is 0 Å². The number of hydrogen-bond donors (Lipinski definition) is 1. The second kappa shape index (κ2) is 6.68. The molecule has 0 saturated carbocycles. The minimum absolute atomic E-state index is 0.563. The molecule has 2 aromatic rings. The van der Waals surface area contributed by atoms with Crippen LogP contribution in [-0.4, -0.2) is 12.0 Å². The molecule has 0 fully saturated rings. The van der Waals surface area contributed by atoms with E-state index in [0.29, 0.717) is 6.61 Å². The van der Waals surface area contributed by atoms with Crippen molar-refractivity contribution in [2.75, 3.05) is 7.05 Å². The van der Waals surface area contributed by atoms with Crippen molar-refractivity contribution in [3.8, 4) is 5.75 Å². The van der Waals surface area contributed by atoms with Gasteiger partial charge in [0.25, 0.3) is 0 Å². The van der Waals surface area contributed by atoms with Crippen molar-refractivity contribution >= 4 is 15.9 Å². The van der Waals surface area contributed by atoms with E-state index in [0.717, 1.165) is 33.6 Å². The van der Waals surface area contributed by atoms with Gasteiger partial charge in [0.05, 0.1) is 0 Å². The fourth-order valence-electron chi connectivity index (χ4n) is 1.76. The summed E-state index contributed by atoms with van der Waals surface area (Å²) in [5, 5.41) is 3.12. The van der Waals surface area contributed by atoms with Gasteiger partial charge in [-0.1, -0.05) is 28.1 Å². The van der Waals surface area contributed by atoms with E-state index in [2.05, 4.69) is 38.4 Å². The number of pyridine rings is 1. The van der Waals surface area contributed by atoms with Crippen LogP contribution in [0.25, 0.3) is 0 Å². The fourth-order valence-corrected chi connectivity index (χ4v) is 2.03. The largest absolute Gasteiger partial charge is 0.488 e. The van der Waals surface area contributed by atoms with Crippen LogP contribution in [0.15, 0.2) is 41.0 Å². The molecule has 4 heteroatoms. The Hall–Kier alpha value is -1.39. The molecule has 0 aliphatic carbocycles. The topological polar surface area (TPSA) is 34.2 Å². The summed E-state index contributed by atoms with van der Waals surface area (Å²) in [5.41, 5.74) is 3.18. The average molecular weight is 321 g/mol. The van der Waals surface area contributed by atoms with Crippen LogP contribution in [0.2, 0.25) is 0 Å². The number of nitrogens with zero attached hydrogens (tertiary/aromatic N) is 1. The molecule has 0 spiro atoms. The van der Waals surface area contributed by atoms with Crippen LogP contribution in [0.3, 0.4) is 0 Å². The molecule has 0 unspecified atom stereocenters. The summed E-state index contributed by atoms with van der Waals surface area (Å²) in [5.74, 6) is 0.893. The average Bonchev–Trinajstić information content (AvgIpc) is 2.41. The van der Waals surface area contributed by atoms with E-state index >= 15 is 0 Å². The zero-order valence-electron chi connectivity index (χ0n) is 11.1. The summed E-state index contributed by atoms with van der Waals surface area (Å²) in [6.45, 7) is 3.28. The smallest absolute Gasteiger partial charge is 0.127 e. The Bertz CT molecular complexity index is 540. The molecule has 0 aliphatic rings. The molecule has 0 atom stereocenters. The van der Waals surface area contributed by atoms with Gasteiger partial charge >= 0.3 is 0 Å². The van der Waals surface area contributed by atoms with E-state index in [-0.39, 0.29) is 0 Å². The van der Waals surface area contributed by atoms with Gasteiger partial charge in [-0.05, 0) is 31.7 Å². The van der Waals surface area contributed by atoms with E-state index in [9.17, 15) is 0 Å². The van der Waals surface area contributed by atoms with Gasteiger partial charge in [0.15, 0.2) is 0 Å². The van der Waals surface area contributed by atoms with E-state index in [4.69, 9.17) is 4.74 Å². The second-order valence-corrected chi connectivity index (χ2v) is 5.29. The van der Waals surface area contributed by atoms with Crippen molar-refractivity contribution in [3.63, 3.8) is 0 Å². The maximum Gasteiger partial charge on any atom is 0.127 e. The molecule has 0 amide bonds.